The zero-order chi connectivity index (χ0) is 76.0. The number of hydrogen-bond acceptors (Lipinski definition) is 15. The molecule has 0 amide bonds. The highest BCUT2D eigenvalue weighted by Gasteiger charge is 2.30. The molecule has 0 aliphatic heterocycles. The highest BCUT2D eigenvalue weighted by molar-refractivity contribution is 7.47. The van der Waals surface area contributed by atoms with Crippen LogP contribution in [-0.2, 0) is 65.4 Å². The van der Waals surface area contributed by atoms with Gasteiger partial charge in [-0.05, 0) is 89.9 Å². The van der Waals surface area contributed by atoms with Gasteiger partial charge in [0.05, 0.1) is 26.4 Å². The molecule has 0 fully saturated rings. The van der Waals surface area contributed by atoms with Crippen molar-refractivity contribution < 1.29 is 80.2 Å². The van der Waals surface area contributed by atoms with Crippen molar-refractivity contribution in [1.82, 2.24) is 0 Å². The van der Waals surface area contributed by atoms with Crippen molar-refractivity contribution in [2.24, 2.45) is 0 Å². The average Bonchev–Trinajstić information content (AvgIpc) is 0.918. The fourth-order valence-corrected chi connectivity index (χ4v) is 13.3. The minimum atomic E-state index is -4.99. The molecule has 0 radical (unpaired) electrons. The van der Waals surface area contributed by atoms with Gasteiger partial charge in [0.1, 0.15) is 19.3 Å². The van der Waals surface area contributed by atoms with Crippen molar-refractivity contribution in [2.45, 2.75) is 406 Å². The third-order valence-electron chi connectivity index (χ3n) is 18.2. The molecule has 606 valence electrons. The molecule has 0 heterocycles. The molecule has 0 saturated carbocycles. The minimum absolute atomic E-state index is 0.0393. The van der Waals surface area contributed by atoms with Crippen LogP contribution in [0.4, 0.5) is 0 Å². The maximum absolute atomic E-state index is 13.1. The molecule has 5 atom stereocenters. The van der Waals surface area contributed by atoms with Crippen LogP contribution in [0.1, 0.15) is 387 Å². The van der Waals surface area contributed by atoms with Crippen LogP contribution in [-0.4, -0.2) is 96.7 Å². The summed E-state index contributed by atoms with van der Waals surface area (Å²) < 4.78 is 68.7. The lowest BCUT2D eigenvalue weighted by molar-refractivity contribution is -0.161. The second kappa shape index (κ2) is 77.7. The largest absolute Gasteiger partial charge is 0.472 e. The number of phosphoric ester groups is 2. The van der Waals surface area contributed by atoms with Crippen molar-refractivity contribution in [2.75, 3.05) is 39.6 Å². The van der Waals surface area contributed by atoms with E-state index in [0.717, 1.165) is 109 Å². The van der Waals surface area contributed by atoms with Crippen LogP contribution in [0.2, 0.25) is 0 Å². The summed E-state index contributed by atoms with van der Waals surface area (Å²) >= 11 is 0. The first-order valence-corrected chi connectivity index (χ1v) is 45.2. The highest BCUT2D eigenvalue weighted by Crippen LogP contribution is 2.45. The van der Waals surface area contributed by atoms with Crippen molar-refractivity contribution in [3.8, 4) is 0 Å². The van der Waals surface area contributed by atoms with E-state index in [0.29, 0.717) is 32.1 Å². The van der Waals surface area contributed by atoms with Gasteiger partial charge in [-0.3, -0.25) is 37.3 Å². The van der Waals surface area contributed by atoms with Gasteiger partial charge in [-0.2, -0.15) is 0 Å². The molecule has 0 aliphatic carbocycles. The van der Waals surface area contributed by atoms with Crippen molar-refractivity contribution in [3.63, 3.8) is 0 Å². The zero-order valence-electron chi connectivity index (χ0n) is 66.5. The predicted octanol–water partition coefficient (Wildman–Crippen LogP) is 24.8. The lowest BCUT2D eigenvalue weighted by Crippen LogP contribution is -2.30. The zero-order valence-corrected chi connectivity index (χ0v) is 68.2. The first kappa shape index (κ1) is 100. The first-order chi connectivity index (χ1) is 50.7. The van der Waals surface area contributed by atoms with E-state index in [9.17, 15) is 43.2 Å². The van der Waals surface area contributed by atoms with E-state index in [2.05, 4.69) is 88.5 Å². The van der Waals surface area contributed by atoms with Gasteiger partial charge in [0.2, 0.25) is 0 Å². The number of unbranched alkanes of at least 4 members (excludes halogenated alkanes) is 42. The Kier molecular flexibility index (Phi) is 75.0. The fourth-order valence-electron chi connectivity index (χ4n) is 11.7. The summed E-state index contributed by atoms with van der Waals surface area (Å²) in [4.78, 5) is 73.1. The van der Waals surface area contributed by atoms with Crippen molar-refractivity contribution in [3.05, 3.63) is 72.9 Å². The SMILES string of the molecule is CCCCC/C=C\C/C=C\C/C=C\C/C=C\C/C=C\CCC(=O)OC[C@H](COP(=O)(O)OC[C@@H](O)COP(=O)(O)OC[C@@H](COC(=O)CCCCCCCCCCCCCCCCC)OC(=O)CCCCCCCCCCCCCCCCC)OC(=O)CCCCCCC/C=C\CCCCCCCC. The number of allylic oxidation sites excluding steroid dienone is 12. The Bertz CT molecular complexity index is 2250. The lowest BCUT2D eigenvalue weighted by Gasteiger charge is -2.21. The average molecular weight is 1510 g/mol. The third-order valence-corrected chi connectivity index (χ3v) is 20.1. The summed E-state index contributed by atoms with van der Waals surface area (Å²) in [6.07, 6.45) is 80.2. The van der Waals surface area contributed by atoms with Crippen molar-refractivity contribution in [1.29, 1.82) is 0 Å². The number of esters is 4. The molecular weight excluding hydrogens is 1350 g/mol. The quantitative estimate of drug-likeness (QED) is 0.0169. The summed E-state index contributed by atoms with van der Waals surface area (Å²) in [7, 11) is -9.97. The van der Waals surface area contributed by atoms with Crippen LogP contribution in [0.5, 0.6) is 0 Å². The second-order valence-corrected chi connectivity index (χ2v) is 31.3. The number of phosphoric acid groups is 2. The summed E-state index contributed by atoms with van der Waals surface area (Å²) in [6.45, 7) is 4.84. The molecule has 17 nitrogen and oxygen atoms in total. The maximum Gasteiger partial charge on any atom is 0.472 e. The maximum atomic E-state index is 13.1. The molecule has 0 rings (SSSR count). The van der Waals surface area contributed by atoms with E-state index in [-0.39, 0.29) is 25.7 Å². The summed E-state index contributed by atoms with van der Waals surface area (Å²) in [5.41, 5.74) is 0. The molecule has 0 saturated heterocycles. The summed E-state index contributed by atoms with van der Waals surface area (Å²) in [5, 5.41) is 10.7. The van der Waals surface area contributed by atoms with Gasteiger partial charge in [0.25, 0.3) is 0 Å². The first-order valence-electron chi connectivity index (χ1n) is 42.2. The number of hydrogen-bond donors (Lipinski definition) is 3. The molecule has 0 aromatic heterocycles. The van der Waals surface area contributed by atoms with E-state index >= 15 is 0 Å². The van der Waals surface area contributed by atoms with E-state index in [1.165, 1.54) is 193 Å². The third kappa shape index (κ3) is 76.7. The van der Waals surface area contributed by atoms with Gasteiger partial charge < -0.3 is 33.8 Å². The Morgan fingerprint density at radius 3 is 0.808 bits per heavy atom. The number of aliphatic hydroxyl groups is 1. The van der Waals surface area contributed by atoms with Crippen molar-refractivity contribution >= 4 is 39.5 Å². The molecule has 19 heteroatoms. The second-order valence-electron chi connectivity index (χ2n) is 28.4. The molecule has 0 bridgehead atoms. The molecular formula is C85H154O17P2. The Hall–Kier alpha value is -3.50. The van der Waals surface area contributed by atoms with Gasteiger partial charge in [-0.25, -0.2) is 9.13 Å². The molecule has 0 spiro atoms. The number of carbonyl (C=O) groups excluding carboxylic acids is 4. The number of ether oxygens (including phenoxy) is 4. The topological polar surface area (TPSA) is 237 Å². The Balaban J connectivity index is 5.39. The van der Waals surface area contributed by atoms with Gasteiger partial charge >= 0.3 is 39.5 Å². The van der Waals surface area contributed by atoms with Crippen LogP contribution >= 0.6 is 15.6 Å². The van der Waals surface area contributed by atoms with E-state index in [1.54, 1.807) is 0 Å². The number of carbonyl (C=O) groups is 4. The smallest absolute Gasteiger partial charge is 0.462 e. The normalized spacial score (nSPS) is 14.2. The number of aliphatic hydroxyl groups excluding tert-OH is 1. The Labute approximate surface area is 634 Å². The van der Waals surface area contributed by atoms with E-state index in [1.807, 2.05) is 12.2 Å². The highest BCUT2D eigenvalue weighted by atomic mass is 31.2. The predicted molar refractivity (Wildman–Crippen MR) is 427 cm³/mol. The van der Waals surface area contributed by atoms with Gasteiger partial charge in [0, 0.05) is 25.7 Å². The van der Waals surface area contributed by atoms with Crippen LogP contribution in [0, 0.1) is 0 Å². The molecule has 104 heavy (non-hydrogen) atoms. The van der Waals surface area contributed by atoms with E-state index < -0.39 is 97.5 Å². The minimum Gasteiger partial charge on any atom is -0.462 e. The van der Waals surface area contributed by atoms with Gasteiger partial charge in [-0.1, -0.05) is 345 Å². The lowest BCUT2D eigenvalue weighted by atomic mass is 10.0. The summed E-state index contributed by atoms with van der Waals surface area (Å²) in [5.74, 6) is -2.24. The van der Waals surface area contributed by atoms with Crippen LogP contribution in [0.15, 0.2) is 72.9 Å². The Morgan fingerprint density at radius 1 is 0.269 bits per heavy atom. The monoisotopic (exact) mass is 1510 g/mol. The molecule has 0 aromatic carbocycles. The molecule has 2 unspecified atom stereocenters. The van der Waals surface area contributed by atoms with E-state index in [4.69, 9.17) is 37.0 Å². The summed E-state index contributed by atoms with van der Waals surface area (Å²) in [6, 6.07) is 0. The molecule has 3 N–H and O–H groups in total. The molecule has 0 aliphatic rings. The standard InChI is InChI=1S/C85H154O17P2/c1-5-9-13-17-21-25-29-33-37-38-39-40-44-46-50-54-58-62-66-70-83(88)96-76-81(102-85(90)72-68-64-60-56-52-48-43-36-32-28-24-20-16-12-8-4)78-100-104(93,94)98-74-79(86)73-97-103(91,92)99-77-80(101-84(89)71-67-63-59-55-51-47-42-35-31-27-23-19-15-11-7-3)75-95-82(87)69-65-61-57-53-49-45-41-34-30-26-22-18-14-10-6-2/h21,25,33,36-37,39-40,43,46,50,58,62,79-81,86H,5-20,22-24,26-32,34-35,38,41-42,44-45,47-49,51-57,59-61,63-78H2,1-4H3,(H,91,92)(H,93,94)/b25-21-,37-33-,40-39-,43-36-,50-46-,62-58-/t79-,80+,81+/m0/s1. The van der Waals surface area contributed by atoms with Crippen LogP contribution < -0.4 is 0 Å². The van der Waals surface area contributed by atoms with Crippen LogP contribution in [0.3, 0.4) is 0 Å². The molecule has 0 aromatic rings. The fraction of sp³-hybridized carbons (Fsp3) is 0.812. The Morgan fingerprint density at radius 2 is 0.490 bits per heavy atom. The van der Waals surface area contributed by atoms with Gasteiger partial charge in [-0.15, -0.1) is 0 Å². The van der Waals surface area contributed by atoms with Crippen LogP contribution in [0.25, 0.3) is 0 Å². The number of rotatable bonds is 80. The van der Waals surface area contributed by atoms with Gasteiger partial charge in [0.15, 0.2) is 12.2 Å².